The molecule has 2 aromatic rings. The van der Waals surface area contributed by atoms with Gasteiger partial charge in [0, 0.05) is 24.4 Å². The van der Waals surface area contributed by atoms with E-state index in [-0.39, 0.29) is 0 Å². The Kier molecular flexibility index (Phi) is 3.69. The van der Waals surface area contributed by atoms with Crippen molar-refractivity contribution in [3.05, 3.63) is 41.9 Å². The Bertz CT molecular complexity index is 595. The van der Waals surface area contributed by atoms with Crippen LogP contribution in [0.1, 0.15) is 49.3 Å². The number of alkyl halides is 3. The van der Waals surface area contributed by atoms with E-state index in [1.54, 1.807) is 6.20 Å². The van der Waals surface area contributed by atoms with Crippen molar-refractivity contribution in [2.75, 3.05) is 0 Å². The summed E-state index contributed by atoms with van der Waals surface area (Å²) in [5.74, 6) is 0.788. The highest BCUT2D eigenvalue weighted by atomic mass is 19.4. The molecule has 6 heteroatoms. The largest absolute Gasteiger partial charge is 0.417 e. The van der Waals surface area contributed by atoms with E-state index in [1.165, 1.54) is 30.0 Å². The third-order valence-corrected chi connectivity index (χ3v) is 3.85. The second-order valence-corrected chi connectivity index (χ2v) is 5.34. The first-order valence-electron chi connectivity index (χ1n) is 7.05. The van der Waals surface area contributed by atoms with E-state index >= 15 is 0 Å². The molecule has 0 aliphatic heterocycles. The third kappa shape index (κ3) is 3.09. The van der Waals surface area contributed by atoms with Crippen LogP contribution in [0.5, 0.6) is 0 Å². The van der Waals surface area contributed by atoms with Gasteiger partial charge in [-0.15, -0.1) is 0 Å². The summed E-state index contributed by atoms with van der Waals surface area (Å²) in [5, 5.41) is 4.41. The number of rotatable bonds is 2. The van der Waals surface area contributed by atoms with Crippen LogP contribution in [-0.2, 0) is 6.18 Å². The van der Waals surface area contributed by atoms with Crippen LogP contribution in [-0.4, -0.2) is 14.8 Å². The van der Waals surface area contributed by atoms with Gasteiger partial charge in [0.1, 0.15) is 0 Å². The van der Waals surface area contributed by atoms with Crippen LogP contribution in [0.15, 0.2) is 24.5 Å². The zero-order chi connectivity index (χ0) is 14.9. The normalized spacial score (nSPS) is 17.1. The van der Waals surface area contributed by atoms with Crippen LogP contribution in [0.2, 0.25) is 0 Å². The molecule has 1 fully saturated rings. The van der Waals surface area contributed by atoms with Gasteiger partial charge >= 0.3 is 6.18 Å². The Morgan fingerprint density at radius 1 is 1.14 bits per heavy atom. The van der Waals surface area contributed by atoms with Gasteiger partial charge < -0.3 is 0 Å². The molecule has 21 heavy (non-hydrogen) atoms. The first-order valence-corrected chi connectivity index (χ1v) is 7.05. The Morgan fingerprint density at radius 3 is 2.52 bits per heavy atom. The van der Waals surface area contributed by atoms with Crippen LogP contribution < -0.4 is 0 Å². The van der Waals surface area contributed by atoms with Crippen molar-refractivity contribution < 1.29 is 13.2 Å². The zero-order valence-corrected chi connectivity index (χ0v) is 11.4. The molecular formula is C15H15F3N3. The summed E-state index contributed by atoms with van der Waals surface area (Å²) < 4.78 is 39.0. The van der Waals surface area contributed by atoms with Crippen LogP contribution in [0.4, 0.5) is 13.2 Å². The summed E-state index contributed by atoms with van der Waals surface area (Å²) in [6.45, 7) is 0. The first kappa shape index (κ1) is 14.1. The fraction of sp³-hybridized carbons (Fsp3) is 0.467. The summed E-state index contributed by atoms with van der Waals surface area (Å²) in [4.78, 5) is 3.83. The molecule has 0 unspecified atom stereocenters. The van der Waals surface area contributed by atoms with E-state index in [0.717, 1.165) is 30.8 Å². The number of hydrogen-bond donors (Lipinski definition) is 0. The summed E-state index contributed by atoms with van der Waals surface area (Å²) >= 11 is 0. The number of hydrogen-bond acceptors (Lipinski definition) is 2. The predicted octanol–water partition coefficient (Wildman–Crippen LogP) is 4.13. The van der Waals surface area contributed by atoms with Gasteiger partial charge in [-0.3, -0.25) is 0 Å². The van der Waals surface area contributed by atoms with Gasteiger partial charge in [-0.1, -0.05) is 19.3 Å². The molecule has 2 aromatic heterocycles. The van der Waals surface area contributed by atoms with E-state index in [1.807, 2.05) is 0 Å². The molecule has 111 valence electrons. The molecule has 0 saturated heterocycles. The van der Waals surface area contributed by atoms with E-state index in [0.29, 0.717) is 11.7 Å². The molecule has 3 nitrogen and oxygen atoms in total. The topological polar surface area (TPSA) is 30.7 Å². The average Bonchev–Trinajstić information content (AvgIpc) is 2.97. The lowest BCUT2D eigenvalue weighted by molar-refractivity contribution is -0.137. The molecule has 0 bridgehead atoms. The van der Waals surface area contributed by atoms with E-state index in [2.05, 4.69) is 16.1 Å². The molecule has 3 rings (SSSR count). The van der Waals surface area contributed by atoms with Crippen molar-refractivity contribution >= 4 is 0 Å². The van der Waals surface area contributed by atoms with Gasteiger partial charge in [-0.05, 0) is 25.0 Å². The van der Waals surface area contributed by atoms with Crippen LogP contribution in [0.3, 0.4) is 0 Å². The van der Waals surface area contributed by atoms with Crippen molar-refractivity contribution in [3.8, 4) is 5.82 Å². The number of halogens is 3. The lowest BCUT2D eigenvalue weighted by Crippen LogP contribution is -2.08. The van der Waals surface area contributed by atoms with Crippen molar-refractivity contribution in [1.82, 2.24) is 14.8 Å². The molecule has 1 aliphatic carbocycles. The monoisotopic (exact) mass is 294 g/mol. The van der Waals surface area contributed by atoms with Crippen LogP contribution >= 0.6 is 0 Å². The molecule has 1 saturated carbocycles. The maximum Gasteiger partial charge on any atom is 0.417 e. The predicted molar refractivity (Wildman–Crippen MR) is 71.0 cm³/mol. The number of pyridine rings is 1. The highest BCUT2D eigenvalue weighted by Gasteiger charge is 2.30. The van der Waals surface area contributed by atoms with Crippen LogP contribution in [0.25, 0.3) is 5.82 Å². The van der Waals surface area contributed by atoms with Crippen molar-refractivity contribution in [2.45, 2.75) is 44.2 Å². The molecular weight excluding hydrogens is 279 g/mol. The molecule has 0 aromatic carbocycles. The lowest BCUT2D eigenvalue weighted by Gasteiger charge is -2.19. The molecule has 0 spiro atoms. The smallest absolute Gasteiger partial charge is 0.237 e. The van der Waals surface area contributed by atoms with Crippen molar-refractivity contribution in [3.63, 3.8) is 0 Å². The Labute approximate surface area is 120 Å². The standard InChI is InChI=1S/C15H15F3N3/c16-15(17,18)12-6-7-14(19-10-12)21-9-8-13(20-21)11-4-2-1-3-5-11/h6-7,9-11H,1-5H2. The van der Waals surface area contributed by atoms with E-state index in [9.17, 15) is 13.2 Å². The minimum absolute atomic E-state index is 0.376. The van der Waals surface area contributed by atoms with Crippen molar-refractivity contribution in [2.24, 2.45) is 0 Å². The fourth-order valence-corrected chi connectivity index (χ4v) is 2.68. The molecule has 1 radical (unpaired) electrons. The molecule has 2 heterocycles. The third-order valence-electron chi connectivity index (χ3n) is 3.85. The zero-order valence-electron chi connectivity index (χ0n) is 11.4. The quantitative estimate of drug-likeness (QED) is 0.833. The second-order valence-electron chi connectivity index (χ2n) is 5.34. The van der Waals surface area contributed by atoms with E-state index < -0.39 is 11.7 Å². The highest BCUT2D eigenvalue weighted by molar-refractivity contribution is 5.26. The number of aromatic nitrogens is 3. The van der Waals surface area contributed by atoms with Gasteiger partial charge in [0.15, 0.2) is 5.82 Å². The van der Waals surface area contributed by atoms with Crippen LogP contribution in [0, 0.1) is 6.07 Å². The summed E-state index contributed by atoms with van der Waals surface area (Å²) in [6.07, 6.45) is 3.97. The first-order chi connectivity index (χ1) is 10.0. The average molecular weight is 294 g/mol. The van der Waals surface area contributed by atoms with Gasteiger partial charge in [-0.2, -0.15) is 18.3 Å². The minimum atomic E-state index is -4.37. The van der Waals surface area contributed by atoms with Gasteiger partial charge in [0.05, 0.1) is 11.3 Å². The molecule has 0 N–H and O–H groups in total. The SMILES string of the molecule is FC(F)(F)c1ccc(-n2c[c]c(C3CCCCC3)n2)nc1. The van der Waals surface area contributed by atoms with Gasteiger partial charge in [0.2, 0.25) is 0 Å². The molecule has 0 amide bonds. The highest BCUT2D eigenvalue weighted by Crippen LogP contribution is 2.32. The Morgan fingerprint density at radius 2 is 1.90 bits per heavy atom. The van der Waals surface area contributed by atoms with Gasteiger partial charge in [0.25, 0.3) is 0 Å². The summed E-state index contributed by atoms with van der Waals surface area (Å²) in [5.41, 5.74) is 0.131. The fourth-order valence-electron chi connectivity index (χ4n) is 2.68. The van der Waals surface area contributed by atoms with E-state index in [4.69, 9.17) is 0 Å². The number of nitrogens with zero attached hydrogens (tertiary/aromatic N) is 3. The molecule has 1 aliphatic rings. The van der Waals surface area contributed by atoms with Crippen molar-refractivity contribution in [1.29, 1.82) is 0 Å². The lowest BCUT2D eigenvalue weighted by atomic mass is 9.87. The minimum Gasteiger partial charge on any atom is -0.237 e. The summed E-state index contributed by atoms with van der Waals surface area (Å²) in [7, 11) is 0. The maximum atomic E-state index is 12.5. The Balaban J connectivity index is 1.79. The maximum absolute atomic E-state index is 12.5. The second kappa shape index (κ2) is 5.50. The molecule has 0 atom stereocenters. The Hall–Kier alpha value is -1.85. The van der Waals surface area contributed by atoms with Gasteiger partial charge in [-0.25, -0.2) is 9.67 Å². The summed E-state index contributed by atoms with van der Waals surface area (Å²) in [6, 6.07) is 5.45.